The van der Waals surface area contributed by atoms with Crippen LogP contribution in [0.1, 0.15) is 44.9 Å². The van der Waals surface area contributed by atoms with Crippen LogP contribution >= 0.6 is 0 Å². The summed E-state index contributed by atoms with van der Waals surface area (Å²) in [4.78, 5) is 2.62. The number of piperidine rings is 2. The second-order valence-electron chi connectivity index (χ2n) is 6.35. The maximum atomic E-state index is 10.7. The van der Waals surface area contributed by atoms with Gasteiger partial charge in [0.05, 0.1) is 5.60 Å². The molecule has 2 N–H and O–H groups in total. The Morgan fingerprint density at radius 3 is 2.71 bits per heavy atom. The molecule has 0 aromatic carbocycles. The minimum absolute atomic E-state index is 0.407. The van der Waals surface area contributed by atoms with E-state index in [0.29, 0.717) is 0 Å². The van der Waals surface area contributed by atoms with Gasteiger partial charge in [-0.3, -0.25) is 4.90 Å². The molecule has 2 atom stereocenters. The van der Waals surface area contributed by atoms with E-state index < -0.39 is 5.60 Å². The molecule has 2 aliphatic heterocycles. The molecular formula is C14H26N2O. The number of aliphatic hydroxyl groups is 1. The van der Waals surface area contributed by atoms with Crippen LogP contribution in [-0.2, 0) is 0 Å². The summed E-state index contributed by atoms with van der Waals surface area (Å²) in [5.74, 6) is 0.939. The molecule has 3 heteroatoms. The fourth-order valence-corrected chi connectivity index (χ4v) is 4.18. The van der Waals surface area contributed by atoms with Crippen molar-refractivity contribution in [2.75, 3.05) is 26.2 Å². The van der Waals surface area contributed by atoms with Gasteiger partial charge in [-0.15, -0.1) is 0 Å². The first kappa shape index (κ1) is 11.9. The summed E-state index contributed by atoms with van der Waals surface area (Å²) >= 11 is 0. The topological polar surface area (TPSA) is 35.5 Å². The molecule has 3 fully saturated rings. The molecule has 98 valence electrons. The Kier molecular flexibility index (Phi) is 3.42. The van der Waals surface area contributed by atoms with Crippen LogP contribution in [0.2, 0.25) is 0 Å². The van der Waals surface area contributed by atoms with E-state index in [0.717, 1.165) is 44.4 Å². The zero-order valence-corrected chi connectivity index (χ0v) is 10.8. The van der Waals surface area contributed by atoms with E-state index in [-0.39, 0.29) is 0 Å². The van der Waals surface area contributed by atoms with E-state index in [1.54, 1.807) is 0 Å². The van der Waals surface area contributed by atoms with Gasteiger partial charge in [-0.2, -0.15) is 0 Å². The summed E-state index contributed by atoms with van der Waals surface area (Å²) in [6.07, 6.45) is 8.85. The molecule has 1 saturated carbocycles. The maximum absolute atomic E-state index is 10.7. The van der Waals surface area contributed by atoms with Gasteiger partial charge in [-0.1, -0.05) is 6.42 Å². The van der Waals surface area contributed by atoms with Crippen LogP contribution in [0.3, 0.4) is 0 Å². The third-order valence-electron chi connectivity index (χ3n) is 5.14. The highest BCUT2D eigenvalue weighted by molar-refractivity contribution is 4.94. The monoisotopic (exact) mass is 238 g/mol. The summed E-state index contributed by atoms with van der Waals surface area (Å²) in [5.41, 5.74) is -0.407. The van der Waals surface area contributed by atoms with E-state index in [1.807, 2.05) is 0 Å². The van der Waals surface area contributed by atoms with Crippen molar-refractivity contribution in [1.82, 2.24) is 10.2 Å². The molecule has 3 nitrogen and oxygen atoms in total. The van der Waals surface area contributed by atoms with Gasteiger partial charge in [-0.25, -0.2) is 0 Å². The lowest BCUT2D eigenvalue weighted by Crippen LogP contribution is -2.54. The Hall–Kier alpha value is -0.120. The molecule has 0 bridgehead atoms. The van der Waals surface area contributed by atoms with Gasteiger partial charge < -0.3 is 10.4 Å². The lowest BCUT2D eigenvalue weighted by molar-refractivity contribution is -0.0427. The van der Waals surface area contributed by atoms with Gasteiger partial charge in [-0.05, 0) is 64.1 Å². The zero-order valence-electron chi connectivity index (χ0n) is 10.8. The summed E-state index contributed by atoms with van der Waals surface area (Å²) in [6, 6.07) is 0.794. The van der Waals surface area contributed by atoms with Gasteiger partial charge in [0, 0.05) is 12.6 Å². The standard InChI is InChI=1S/C14H26N2O/c17-14(6-8-15-9-7-14)11-16-10-2-4-12-3-1-5-13(12)16/h12-13,15,17H,1-11H2. The van der Waals surface area contributed by atoms with Gasteiger partial charge in [0.15, 0.2) is 0 Å². The number of β-amino-alcohol motifs (C(OH)–C–C–N with tert-alkyl or cyclic N) is 1. The Bertz CT molecular complexity index is 263. The average Bonchev–Trinajstić information content (AvgIpc) is 2.79. The van der Waals surface area contributed by atoms with Crippen LogP contribution in [0.15, 0.2) is 0 Å². The molecule has 17 heavy (non-hydrogen) atoms. The molecule has 2 unspecified atom stereocenters. The van der Waals surface area contributed by atoms with E-state index in [2.05, 4.69) is 10.2 Å². The lowest BCUT2D eigenvalue weighted by Gasteiger charge is -2.43. The minimum atomic E-state index is -0.407. The molecule has 0 radical (unpaired) electrons. The van der Waals surface area contributed by atoms with Crippen LogP contribution in [-0.4, -0.2) is 47.8 Å². The first-order valence-electron chi connectivity index (χ1n) is 7.44. The highest BCUT2D eigenvalue weighted by Crippen LogP contribution is 2.37. The van der Waals surface area contributed by atoms with Crippen molar-refractivity contribution in [3.05, 3.63) is 0 Å². The first-order valence-corrected chi connectivity index (χ1v) is 7.44. The SMILES string of the molecule is OC1(CN2CCCC3CCCC32)CCNCC1. The molecule has 0 aromatic rings. The smallest absolute Gasteiger partial charge is 0.0798 e. The van der Waals surface area contributed by atoms with Crippen LogP contribution in [0.5, 0.6) is 0 Å². The number of rotatable bonds is 2. The van der Waals surface area contributed by atoms with Crippen molar-refractivity contribution in [2.45, 2.75) is 56.6 Å². The molecule has 2 saturated heterocycles. The van der Waals surface area contributed by atoms with Crippen LogP contribution < -0.4 is 5.32 Å². The van der Waals surface area contributed by atoms with Crippen LogP contribution in [0.4, 0.5) is 0 Å². The predicted octanol–water partition coefficient (Wildman–Crippen LogP) is 1.37. The average molecular weight is 238 g/mol. The third kappa shape index (κ3) is 2.51. The maximum Gasteiger partial charge on any atom is 0.0798 e. The Morgan fingerprint density at radius 2 is 1.88 bits per heavy atom. The van der Waals surface area contributed by atoms with Gasteiger partial charge >= 0.3 is 0 Å². The fraction of sp³-hybridized carbons (Fsp3) is 1.00. The number of hydrogen-bond acceptors (Lipinski definition) is 3. The molecule has 0 spiro atoms. The van der Waals surface area contributed by atoms with E-state index >= 15 is 0 Å². The van der Waals surface area contributed by atoms with Gasteiger partial charge in [0.1, 0.15) is 0 Å². The quantitative estimate of drug-likeness (QED) is 0.762. The van der Waals surface area contributed by atoms with E-state index in [9.17, 15) is 5.11 Å². The number of nitrogens with one attached hydrogen (secondary N) is 1. The second kappa shape index (κ2) is 4.87. The van der Waals surface area contributed by atoms with Crippen molar-refractivity contribution >= 4 is 0 Å². The summed E-state index contributed by atoms with van der Waals surface area (Å²) in [7, 11) is 0. The third-order valence-corrected chi connectivity index (χ3v) is 5.14. The molecular weight excluding hydrogens is 212 g/mol. The van der Waals surface area contributed by atoms with Crippen LogP contribution in [0, 0.1) is 5.92 Å². The molecule has 0 amide bonds. The predicted molar refractivity (Wildman–Crippen MR) is 69.0 cm³/mol. The Morgan fingerprint density at radius 1 is 1.12 bits per heavy atom. The van der Waals surface area contributed by atoms with Crippen molar-refractivity contribution < 1.29 is 5.11 Å². The number of fused-ring (bicyclic) bond motifs is 1. The molecule has 1 aliphatic carbocycles. The Balaban J connectivity index is 1.63. The minimum Gasteiger partial charge on any atom is -0.388 e. The Labute approximate surface area is 105 Å². The molecule has 3 aliphatic rings. The zero-order chi connectivity index (χ0) is 11.7. The van der Waals surface area contributed by atoms with Crippen molar-refractivity contribution in [1.29, 1.82) is 0 Å². The summed E-state index contributed by atoms with van der Waals surface area (Å²) in [5, 5.41) is 14.0. The van der Waals surface area contributed by atoms with Crippen molar-refractivity contribution in [3.8, 4) is 0 Å². The highest BCUT2D eigenvalue weighted by atomic mass is 16.3. The normalized spacial score (nSPS) is 37.9. The largest absolute Gasteiger partial charge is 0.388 e. The number of hydrogen-bond donors (Lipinski definition) is 2. The van der Waals surface area contributed by atoms with E-state index in [4.69, 9.17) is 0 Å². The van der Waals surface area contributed by atoms with Gasteiger partial charge in [0.2, 0.25) is 0 Å². The van der Waals surface area contributed by atoms with Crippen molar-refractivity contribution in [3.63, 3.8) is 0 Å². The van der Waals surface area contributed by atoms with Crippen LogP contribution in [0.25, 0.3) is 0 Å². The fourth-order valence-electron chi connectivity index (χ4n) is 4.18. The molecule has 3 rings (SSSR count). The molecule has 2 heterocycles. The number of nitrogens with zero attached hydrogens (tertiary/aromatic N) is 1. The number of likely N-dealkylation sites (tertiary alicyclic amines) is 1. The summed E-state index contributed by atoms with van der Waals surface area (Å²) < 4.78 is 0. The highest BCUT2D eigenvalue weighted by Gasteiger charge is 2.39. The molecule has 0 aromatic heterocycles. The summed E-state index contributed by atoms with van der Waals surface area (Å²) in [6.45, 7) is 4.11. The van der Waals surface area contributed by atoms with E-state index in [1.165, 1.54) is 38.6 Å². The van der Waals surface area contributed by atoms with Crippen molar-refractivity contribution in [2.24, 2.45) is 5.92 Å². The van der Waals surface area contributed by atoms with Gasteiger partial charge in [0.25, 0.3) is 0 Å². The lowest BCUT2D eigenvalue weighted by atomic mass is 9.87. The first-order chi connectivity index (χ1) is 8.27. The second-order valence-corrected chi connectivity index (χ2v) is 6.35.